The predicted molar refractivity (Wildman–Crippen MR) is 51.2 cm³/mol. The van der Waals surface area contributed by atoms with Crippen LogP contribution in [0.5, 0.6) is 0 Å². The van der Waals surface area contributed by atoms with Crippen molar-refractivity contribution in [3.05, 3.63) is 0 Å². The third-order valence-electron chi connectivity index (χ3n) is 1.86. The first-order valence-electron chi connectivity index (χ1n) is 4.31. The first-order valence-corrected chi connectivity index (χ1v) is 5.88. The molecule has 4 N–H and O–H groups in total. The number of nitrogens with one attached hydrogen (secondary N) is 1. The minimum absolute atomic E-state index is 0.195. The monoisotopic (exact) mass is 242 g/mol. The van der Waals surface area contributed by atoms with Crippen molar-refractivity contribution in [3.63, 3.8) is 0 Å². The zero-order valence-electron chi connectivity index (χ0n) is 8.38. The average Bonchev–Trinajstić information content (AvgIpc) is 2.12. The van der Waals surface area contributed by atoms with E-state index in [9.17, 15) is 13.0 Å². The van der Waals surface area contributed by atoms with Crippen molar-refractivity contribution in [2.45, 2.75) is 18.6 Å². The molecule has 0 aliphatic heterocycles. The van der Waals surface area contributed by atoms with Crippen LogP contribution >= 0.6 is 0 Å². The Morgan fingerprint density at radius 2 is 1.87 bits per heavy atom. The fraction of sp³-hybridized carbons (Fsp3) is 1.00. The van der Waals surface area contributed by atoms with Gasteiger partial charge in [0.25, 0.3) is 0 Å². The summed E-state index contributed by atoms with van der Waals surface area (Å²) in [6, 6.07) is 0. The Bertz CT molecular complexity index is 273. The average molecular weight is 242 g/mol. The number of rotatable bonds is 7. The first kappa shape index (κ1) is 14.8. The van der Waals surface area contributed by atoms with Crippen LogP contribution in [-0.2, 0) is 10.1 Å². The molecule has 0 aromatic carbocycles. The van der Waals surface area contributed by atoms with Crippen LogP contribution < -0.4 is 5.32 Å². The third-order valence-corrected chi connectivity index (χ3v) is 2.65. The van der Waals surface area contributed by atoms with Crippen LogP contribution in [0.2, 0.25) is 0 Å². The molecule has 0 aromatic heterocycles. The molecule has 1 unspecified atom stereocenters. The lowest BCUT2D eigenvalue weighted by atomic mass is 10.1. The summed E-state index contributed by atoms with van der Waals surface area (Å²) in [4.78, 5) is 0. The van der Waals surface area contributed by atoms with Gasteiger partial charge in [0.15, 0.2) is 0 Å². The standard InChI is InChI=1S/C7H17NO6S/c1-7(4-9,5-10)8-2-6(11)3-15(12,13)14/h6,8-11H,2-5H2,1H3,(H,12,13,14)/p-1. The highest BCUT2D eigenvalue weighted by Gasteiger charge is 2.22. The van der Waals surface area contributed by atoms with Gasteiger partial charge in [0.05, 0.1) is 40.7 Å². The predicted octanol–water partition coefficient (Wildman–Crippen LogP) is -2.77. The molecule has 0 rings (SSSR count). The van der Waals surface area contributed by atoms with Gasteiger partial charge in [0.2, 0.25) is 0 Å². The SMILES string of the molecule is CC(CO)(CO)NCC(O)CS(=O)(=O)[O-]. The van der Waals surface area contributed by atoms with Gasteiger partial charge in [-0.15, -0.1) is 0 Å². The topological polar surface area (TPSA) is 130 Å². The zero-order chi connectivity index (χ0) is 12.1. The summed E-state index contributed by atoms with van der Waals surface area (Å²) in [6.07, 6.45) is -1.36. The Kier molecular flexibility index (Phi) is 5.63. The summed E-state index contributed by atoms with van der Waals surface area (Å²) in [6.45, 7) is 0.547. The molecule has 0 aromatic rings. The van der Waals surface area contributed by atoms with Crippen LogP contribution in [0.1, 0.15) is 6.92 Å². The van der Waals surface area contributed by atoms with Crippen molar-refractivity contribution < 1.29 is 28.3 Å². The Morgan fingerprint density at radius 1 is 1.40 bits per heavy atom. The molecular formula is C7H16NO6S-. The van der Waals surface area contributed by atoms with E-state index in [-0.39, 0.29) is 19.8 Å². The molecule has 8 heteroatoms. The van der Waals surface area contributed by atoms with Gasteiger partial charge in [-0.2, -0.15) is 0 Å². The molecular weight excluding hydrogens is 226 g/mol. The second-order valence-electron chi connectivity index (χ2n) is 3.64. The van der Waals surface area contributed by atoms with E-state index in [1.807, 2.05) is 0 Å². The van der Waals surface area contributed by atoms with E-state index in [1.165, 1.54) is 6.92 Å². The van der Waals surface area contributed by atoms with Crippen molar-refractivity contribution in [2.75, 3.05) is 25.5 Å². The Hall–Kier alpha value is -0.250. The van der Waals surface area contributed by atoms with E-state index >= 15 is 0 Å². The van der Waals surface area contributed by atoms with Gasteiger partial charge in [0, 0.05) is 6.54 Å². The van der Waals surface area contributed by atoms with Crippen molar-refractivity contribution in [3.8, 4) is 0 Å². The molecule has 0 saturated carbocycles. The molecule has 0 bridgehead atoms. The van der Waals surface area contributed by atoms with E-state index in [0.29, 0.717) is 0 Å². The molecule has 0 aliphatic carbocycles. The lowest BCUT2D eigenvalue weighted by Crippen LogP contribution is -2.52. The van der Waals surface area contributed by atoms with Crippen molar-refractivity contribution >= 4 is 10.1 Å². The number of β-amino-alcohol motifs (C(OH)–C–C–N with tert-alkyl or cyclic N) is 1. The smallest absolute Gasteiger partial charge is 0.0972 e. The molecule has 1 atom stereocenters. The maximum atomic E-state index is 10.3. The van der Waals surface area contributed by atoms with Crippen LogP contribution in [0.4, 0.5) is 0 Å². The van der Waals surface area contributed by atoms with E-state index < -0.39 is 27.5 Å². The van der Waals surface area contributed by atoms with E-state index in [0.717, 1.165) is 0 Å². The van der Waals surface area contributed by atoms with Crippen molar-refractivity contribution in [1.82, 2.24) is 5.32 Å². The second kappa shape index (κ2) is 5.73. The molecule has 0 spiro atoms. The second-order valence-corrected chi connectivity index (χ2v) is 5.08. The quantitative estimate of drug-likeness (QED) is 0.355. The number of aliphatic hydroxyl groups is 3. The minimum Gasteiger partial charge on any atom is -0.748 e. The van der Waals surface area contributed by atoms with Gasteiger partial charge in [-0.1, -0.05) is 0 Å². The van der Waals surface area contributed by atoms with Crippen LogP contribution in [0.15, 0.2) is 0 Å². The molecule has 0 aliphatic rings. The highest BCUT2D eigenvalue weighted by molar-refractivity contribution is 7.85. The van der Waals surface area contributed by atoms with Crippen molar-refractivity contribution in [2.24, 2.45) is 0 Å². The highest BCUT2D eigenvalue weighted by Crippen LogP contribution is 2.01. The highest BCUT2D eigenvalue weighted by atomic mass is 32.2. The minimum atomic E-state index is -4.47. The lowest BCUT2D eigenvalue weighted by molar-refractivity contribution is 0.0886. The van der Waals surface area contributed by atoms with Crippen LogP contribution in [-0.4, -0.2) is 65.4 Å². The maximum Gasteiger partial charge on any atom is 0.0972 e. The number of aliphatic hydroxyl groups excluding tert-OH is 3. The van der Waals surface area contributed by atoms with Crippen LogP contribution in [0.3, 0.4) is 0 Å². The lowest BCUT2D eigenvalue weighted by Gasteiger charge is -2.27. The molecule has 0 fully saturated rings. The molecule has 0 heterocycles. The number of hydrogen-bond acceptors (Lipinski definition) is 7. The van der Waals surface area contributed by atoms with E-state index in [4.69, 9.17) is 15.3 Å². The van der Waals surface area contributed by atoms with E-state index in [2.05, 4.69) is 5.32 Å². The van der Waals surface area contributed by atoms with Crippen molar-refractivity contribution in [1.29, 1.82) is 0 Å². The molecule has 15 heavy (non-hydrogen) atoms. The Morgan fingerprint density at radius 3 is 2.20 bits per heavy atom. The summed E-state index contributed by atoms with van der Waals surface area (Å²) in [5.41, 5.74) is -1.01. The Labute approximate surface area is 88.5 Å². The van der Waals surface area contributed by atoms with E-state index in [1.54, 1.807) is 0 Å². The summed E-state index contributed by atoms with van der Waals surface area (Å²) in [5.74, 6) is -0.896. The van der Waals surface area contributed by atoms with Gasteiger partial charge in [-0.05, 0) is 6.92 Å². The van der Waals surface area contributed by atoms with Gasteiger partial charge in [-0.25, -0.2) is 8.42 Å². The van der Waals surface area contributed by atoms with Gasteiger partial charge in [0.1, 0.15) is 0 Å². The molecule has 0 radical (unpaired) electrons. The Balaban J connectivity index is 4.05. The number of hydrogen-bond donors (Lipinski definition) is 4. The first-order chi connectivity index (χ1) is 6.72. The summed E-state index contributed by atoms with van der Waals surface area (Å²) >= 11 is 0. The molecule has 92 valence electrons. The largest absolute Gasteiger partial charge is 0.748 e. The normalized spacial score (nSPS) is 15.3. The van der Waals surface area contributed by atoms with Gasteiger partial charge >= 0.3 is 0 Å². The maximum absolute atomic E-state index is 10.3. The molecule has 0 saturated heterocycles. The fourth-order valence-electron chi connectivity index (χ4n) is 0.821. The molecule has 0 amide bonds. The van der Waals surface area contributed by atoms with Gasteiger partial charge in [-0.3, -0.25) is 0 Å². The molecule has 7 nitrogen and oxygen atoms in total. The summed E-state index contributed by atoms with van der Waals surface area (Å²) < 4.78 is 30.8. The van der Waals surface area contributed by atoms with Gasteiger partial charge < -0.3 is 25.2 Å². The zero-order valence-corrected chi connectivity index (χ0v) is 9.20. The summed E-state index contributed by atoms with van der Waals surface area (Å²) in [7, 11) is -4.47. The van der Waals surface area contributed by atoms with Crippen LogP contribution in [0.25, 0.3) is 0 Å². The fourth-order valence-corrected chi connectivity index (χ4v) is 1.41. The third kappa shape index (κ3) is 6.77. The summed E-state index contributed by atoms with van der Waals surface area (Å²) in [5, 5.41) is 29.4. The van der Waals surface area contributed by atoms with Crippen LogP contribution in [0, 0.1) is 0 Å².